The third-order valence-electron chi connectivity index (χ3n) is 21.5. The molecule has 0 aromatic heterocycles. The monoisotopic (exact) mass is 1700 g/mol. The van der Waals surface area contributed by atoms with Crippen molar-refractivity contribution in [1.82, 2.24) is 0 Å². The molecule has 12 rings (SSSR count). The van der Waals surface area contributed by atoms with E-state index >= 15 is 0 Å². The molecule has 2 N–H and O–H groups in total. The molecule has 0 saturated carbocycles. The molecule has 4 saturated heterocycles. The van der Waals surface area contributed by atoms with Crippen LogP contribution in [0.2, 0.25) is 12.1 Å². The van der Waals surface area contributed by atoms with Gasteiger partial charge in [0.05, 0.1) is 11.1 Å². The van der Waals surface area contributed by atoms with Crippen molar-refractivity contribution in [2.75, 3.05) is 155 Å². The van der Waals surface area contributed by atoms with Gasteiger partial charge in [0, 0.05) is 169 Å². The van der Waals surface area contributed by atoms with E-state index in [1.165, 1.54) is 90.8 Å². The summed E-state index contributed by atoms with van der Waals surface area (Å²) in [6, 6.07) is 53.7. The number of anilines is 4. The van der Waals surface area contributed by atoms with E-state index < -0.39 is 71.9 Å². The van der Waals surface area contributed by atoms with Gasteiger partial charge in [-0.15, -0.1) is 0 Å². The largest absolute Gasteiger partial charge is 0.665 e. The Labute approximate surface area is 683 Å². The van der Waals surface area contributed by atoms with Crippen molar-refractivity contribution in [3.8, 4) is 0 Å². The number of nitrogens with zero attached hydrogens (tertiary/aromatic N) is 6. The Morgan fingerprint density at radius 3 is 0.842 bits per heavy atom. The molecule has 6 aliphatic rings. The Balaban J connectivity index is 0.000000225. The molecule has 616 valence electrons. The average molecular weight is 1710 g/mol. The summed E-state index contributed by atoms with van der Waals surface area (Å²) in [6.07, 6.45) is 10.1. The zero-order chi connectivity index (χ0) is 81.7. The number of allylic oxidation sites excluding steroid dienone is 6. The molecule has 0 amide bonds. The van der Waals surface area contributed by atoms with E-state index in [1.54, 1.807) is 0 Å². The van der Waals surface area contributed by atoms with Gasteiger partial charge in [-0.2, -0.15) is 0 Å². The summed E-state index contributed by atoms with van der Waals surface area (Å²) in [6.45, 7) is 32.2. The first-order valence-corrected chi connectivity index (χ1v) is 53.3. The maximum Gasteiger partial charge on any atom is 0.665 e. The van der Waals surface area contributed by atoms with Crippen LogP contribution < -0.4 is 19.6 Å². The highest BCUT2D eigenvalue weighted by atomic mass is 28.6. The summed E-state index contributed by atoms with van der Waals surface area (Å²) in [5.41, 5.74) is 21.0. The van der Waals surface area contributed by atoms with Crippen molar-refractivity contribution >= 4 is 128 Å². The second-order valence-electron chi connectivity index (χ2n) is 27.4. The van der Waals surface area contributed by atoms with E-state index in [9.17, 15) is 9.59 Å². The summed E-state index contributed by atoms with van der Waals surface area (Å²) >= 11 is 0. The fourth-order valence-corrected chi connectivity index (χ4v) is 48.3. The standard InChI is InChI=1S/2C40H58N3O10Si4/c2*1-10-41(11-2)34-24-20-32(21-25-34)40(33-22-26-35(27-23-33)42(12-3)13-4)38-28-29-39(37-19-16-15-18-36(37)38)43(14-5)30-17-31-54-49-55(44,45-6)52-57(48-9,51-54)53-56(46-7,47-8)50-54/h2*15-16,18-29,44H,10-14,17,30-31H2,1-9H3/q2*+1. The van der Waals surface area contributed by atoms with Crippen LogP contribution in [0.5, 0.6) is 0 Å². The first kappa shape index (κ1) is 88.6. The molecular formula is C80H116N6O20Si8+2. The van der Waals surface area contributed by atoms with Gasteiger partial charge in [0.1, 0.15) is 26.2 Å². The molecule has 0 radical (unpaired) electrons. The lowest BCUT2D eigenvalue weighted by atomic mass is 9.83. The third kappa shape index (κ3) is 18.9. The molecule has 34 heteroatoms. The molecule has 2 aliphatic carbocycles. The fraction of sp³-hybridized carbons (Fsp3) is 0.425. The highest BCUT2D eigenvalue weighted by Gasteiger charge is 2.81. The Hall–Kier alpha value is -6.24. The Bertz CT molecular complexity index is 4040. The minimum Gasteiger partial charge on any atom is -0.372 e. The smallest absolute Gasteiger partial charge is 0.372 e. The van der Waals surface area contributed by atoms with E-state index in [4.69, 9.17) is 76.6 Å². The van der Waals surface area contributed by atoms with Crippen LogP contribution >= 0.6 is 0 Å². The van der Waals surface area contributed by atoms with Crippen LogP contribution in [0.1, 0.15) is 127 Å². The van der Waals surface area contributed by atoms with Crippen LogP contribution in [-0.2, 0) is 76.6 Å². The predicted molar refractivity (Wildman–Crippen MR) is 459 cm³/mol. The van der Waals surface area contributed by atoms with Gasteiger partial charge in [-0.1, -0.05) is 84.9 Å². The molecule has 6 atom stereocenters. The summed E-state index contributed by atoms with van der Waals surface area (Å²) in [7, 11) is -20.5. The molecule has 6 unspecified atom stereocenters. The van der Waals surface area contributed by atoms with Gasteiger partial charge in [-0.25, -0.2) is 9.15 Å². The molecular weight excluding hydrogens is 1590 g/mol. The van der Waals surface area contributed by atoms with Crippen molar-refractivity contribution in [2.45, 2.75) is 94.2 Å². The molecule has 4 fully saturated rings. The summed E-state index contributed by atoms with van der Waals surface area (Å²) in [5, 5.41) is 0. The topological polar surface area (TPSA) is 226 Å². The zero-order valence-electron chi connectivity index (χ0n) is 69.4. The summed E-state index contributed by atoms with van der Waals surface area (Å²) in [4.78, 5) is 31.9. The minimum absolute atomic E-state index is 0.301. The fourth-order valence-electron chi connectivity index (χ4n) is 15.4. The molecule has 4 bridgehead atoms. The van der Waals surface area contributed by atoms with E-state index in [-0.39, 0.29) is 0 Å². The molecule has 6 aromatic carbocycles. The van der Waals surface area contributed by atoms with Gasteiger partial charge < -0.3 is 106 Å². The van der Waals surface area contributed by atoms with E-state index in [0.29, 0.717) is 38.0 Å². The normalized spacial score (nSPS) is 24.6. The van der Waals surface area contributed by atoms with Gasteiger partial charge in [0.2, 0.25) is 11.4 Å². The number of hydrogen-bond donors (Lipinski definition) is 2. The van der Waals surface area contributed by atoms with Crippen molar-refractivity contribution in [2.24, 2.45) is 0 Å². The van der Waals surface area contributed by atoms with E-state index in [0.717, 1.165) is 133 Å². The van der Waals surface area contributed by atoms with Crippen molar-refractivity contribution in [3.05, 3.63) is 214 Å². The first-order chi connectivity index (χ1) is 55.0. The van der Waals surface area contributed by atoms with Crippen molar-refractivity contribution in [3.63, 3.8) is 0 Å². The van der Waals surface area contributed by atoms with Crippen LogP contribution in [0.15, 0.2) is 170 Å². The van der Waals surface area contributed by atoms with Gasteiger partial charge in [-0.05, 0) is 198 Å². The Morgan fingerprint density at radius 2 is 0.596 bits per heavy atom. The third-order valence-corrected chi connectivity index (χ3v) is 49.0. The van der Waals surface area contributed by atoms with Gasteiger partial charge >= 0.3 is 71.9 Å². The predicted octanol–water partition coefficient (Wildman–Crippen LogP) is 12.1. The maximum atomic E-state index is 11.2. The average Bonchev–Trinajstić information content (AvgIpc) is 0.723. The second-order valence-corrected chi connectivity index (χ2v) is 48.7. The van der Waals surface area contributed by atoms with Crippen LogP contribution in [0.4, 0.5) is 22.7 Å². The quantitative estimate of drug-likeness (QED) is 0.0283. The van der Waals surface area contributed by atoms with E-state index in [2.05, 4.69) is 268 Å². The van der Waals surface area contributed by atoms with Crippen LogP contribution in [0, 0.1) is 0 Å². The Morgan fingerprint density at radius 1 is 0.316 bits per heavy atom. The van der Waals surface area contributed by atoms with Crippen molar-refractivity contribution in [1.29, 1.82) is 0 Å². The van der Waals surface area contributed by atoms with Crippen LogP contribution in [-0.4, -0.2) is 237 Å². The summed E-state index contributed by atoms with van der Waals surface area (Å²) < 4.78 is 110. The lowest BCUT2D eigenvalue weighted by molar-refractivity contribution is -0.523. The molecule has 4 aliphatic heterocycles. The SMILES string of the molecule is CCN(CC)c1ccc(C(=C2C=CC(=[N+](CC)CCC[Si]34O[Si](O)(OC)O[Si](OC)(O3)O[Si](OC)(OC)O4)c3ccccc32)c2ccc(N(CC)CC)cc2)cc1.CCN(CC)c1ccc(C(=C2C=CC(=[N+](CC)CCC[Si]34O[Si](O)(OC)O[Si](OC)(O3)O[Si](OC)(OC)O4)c3ccccc32)c2ccc(N(CC)CC)cc2)cc1. The number of fused-ring (bicyclic) bond motifs is 6. The molecule has 4 heterocycles. The Kier molecular flexibility index (Phi) is 30.0. The first-order valence-electron chi connectivity index (χ1n) is 39.6. The van der Waals surface area contributed by atoms with Crippen LogP contribution in [0.25, 0.3) is 22.3 Å². The molecule has 26 nitrogen and oxygen atoms in total. The van der Waals surface area contributed by atoms with E-state index in [1.807, 2.05) is 0 Å². The van der Waals surface area contributed by atoms with Gasteiger partial charge in [-0.3, -0.25) is 0 Å². The second kappa shape index (κ2) is 38.7. The van der Waals surface area contributed by atoms with Gasteiger partial charge in [0.15, 0.2) is 0 Å². The minimum atomic E-state index is -4.23. The number of benzene rings is 6. The number of rotatable bonds is 34. The van der Waals surface area contributed by atoms with Crippen LogP contribution in [0.3, 0.4) is 0 Å². The highest BCUT2D eigenvalue weighted by Crippen LogP contribution is 2.46. The summed E-state index contributed by atoms with van der Waals surface area (Å²) in [5.74, 6) is 0. The number of hydrogen-bond acceptors (Lipinski definition) is 24. The molecule has 0 spiro atoms. The lowest BCUT2D eigenvalue weighted by Gasteiger charge is -2.51. The zero-order valence-corrected chi connectivity index (χ0v) is 77.4. The van der Waals surface area contributed by atoms with Gasteiger partial charge in [0.25, 0.3) is 0 Å². The highest BCUT2D eigenvalue weighted by molar-refractivity contribution is 6.93. The molecule has 6 aromatic rings. The lowest BCUT2D eigenvalue weighted by Crippen LogP contribution is -2.82. The molecule has 114 heavy (non-hydrogen) atoms. The maximum absolute atomic E-state index is 11.2. The van der Waals surface area contributed by atoms with Crippen molar-refractivity contribution < 1.29 is 95.3 Å².